The molecule has 2 aromatic heterocycles. The number of pyridine rings is 1. The van der Waals surface area contributed by atoms with Crippen LogP contribution in [0.4, 0.5) is 0 Å². The number of aromatic nitrogens is 1. The van der Waals surface area contributed by atoms with E-state index in [9.17, 15) is 0 Å². The molecular weight excluding hydrogens is 318 g/mol. The van der Waals surface area contributed by atoms with E-state index in [1.54, 1.807) is 11.3 Å². The minimum absolute atomic E-state index is 0.399. The van der Waals surface area contributed by atoms with Crippen LogP contribution in [0.25, 0.3) is 0 Å². The van der Waals surface area contributed by atoms with Crippen molar-refractivity contribution in [2.75, 3.05) is 26.7 Å². The van der Waals surface area contributed by atoms with Crippen LogP contribution in [0.15, 0.2) is 41.4 Å². The second-order valence-electron chi connectivity index (χ2n) is 6.95. The molecule has 0 unspecified atom stereocenters. The third-order valence-corrected chi connectivity index (χ3v) is 6.21. The Balaban J connectivity index is 1.47. The second kappa shape index (κ2) is 7.31. The van der Waals surface area contributed by atoms with E-state index in [1.807, 2.05) is 19.5 Å². The predicted octanol–water partition coefficient (Wildman–Crippen LogP) is 2.86. The van der Waals surface area contributed by atoms with Crippen molar-refractivity contribution in [3.05, 3.63) is 52.5 Å². The van der Waals surface area contributed by atoms with Gasteiger partial charge in [-0.1, -0.05) is 0 Å². The second-order valence-corrected chi connectivity index (χ2v) is 7.73. The van der Waals surface area contributed by atoms with Crippen molar-refractivity contribution in [2.24, 2.45) is 5.92 Å². The molecule has 2 aliphatic rings. The van der Waals surface area contributed by atoms with Crippen molar-refractivity contribution in [3.8, 4) is 0 Å². The molecule has 4 rings (SSSR count). The molecule has 3 atom stereocenters. The van der Waals surface area contributed by atoms with Crippen LogP contribution < -0.4 is 0 Å². The van der Waals surface area contributed by atoms with Crippen molar-refractivity contribution in [1.82, 2.24) is 14.8 Å². The van der Waals surface area contributed by atoms with Crippen LogP contribution in [0, 0.1) is 5.92 Å². The van der Waals surface area contributed by atoms with Gasteiger partial charge in [-0.05, 0) is 46.5 Å². The van der Waals surface area contributed by atoms with Gasteiger partial charge in [0.25, 0.3) is 0 Å². The van der Waals surface area contributed by atoms with Crippen molar-refractivity contribution < 1.29 is 4.74 Å². The van der Waals surface area contributed by atoms with Gasteiger partial charge in [0.05, 0.1) is 6.10 Å². The van der Waals surface area contributed by atoms with E-state index in [2.05, 4.69) is 43.7 Å². The SMILES string of the molecule is CO[C@@H]1CCN(Cc2ccsc2)[C@H]2CN(Cc3ccncc3)C[C@@H]12. The monoisotopic (exact) mass is 343 g/mol. The largest absolute Gasteiger partial charge is 0.381 e. The minimum Gasteiger partial charge on any atom is -0.381 e. The highest BCUT2D eigenvalue weighted by Gasteiger charge is 2.44. The first-order valence-electron chi connectivity index (χ1n) is 8.72. The Hall–Kier alpha value is -1.27. The quantitative estimate of drug-likeness (QED) is 0.835. The van der Waals surface area contributed by atoms with Crippen LogP contribution in [-0.2, 0) is 17.8 Å². The molecule has 0 radical (unpaired) electrons. The molecule has 0 aromatic carbocycles. The van der Waals surface area contributed by atoms with Gasteiger partial charge in [-0.3, -0.25) is 14.8 Å². The van der Waals surface area contributed by atoms with Gasteiger partial charge >= 0.3 is 0 Å². The lowest BCUT2D eigenvalue weighted by atomic mass is 9.89. The molecule has 0 aliphatic carbocycles. The summed E-state index contributed by atoms with van der Waals surface area (Å²) in [5.41, 5.74) is 2.80. The molecule has 24 heavy (non-hydrogen) atoms. The number of likely N-dealkylation sites (tertiary alicyclic amines) is 2. The molecule has 0 amide bonds. The van der Waals surface area contributed by atoms with E-state index in [0.29, 0.717) is 18.1 Å². The number of hydrogen-bond acceptors (Lipinski definition) is 5. The van der Waals surface area contributed by atoms with Crippen molar-refractivity contribution >= 4 is 11.3 Å². The Morgan fingerprint density at radius 2 is 2.04 bits per heavy atom. The zero-order valence-corrected chi connectivity index (χ0v) is 15.0. The number of fused-ring (bicyclic) bond motifs is 1. The maximum atomic E-state index is 5.83. The lowest BCUT2D eigenvalue weighted by Crippen LogP contribution is -2.50. The number of hydrogen-bond donors (Lipinski definition) is 0. The molecular formula is C19H25N3OS. The minimum atomic E-state index is 0.399. The number of rotatable bonds is 5. The van der Waals surface area contributed by atoms with Gasteiger partial charge in [0.15, 0.2) is 0 Å². The van der Waals surface area contributed by atoms with E-state index >= 15 is 0 Å². The number of ether oxygens (including phenoxy) is 1. The predicted molar refractivity (Wildman–Crippen MR) is 96.9 cm³/mol. The van der Waals surface area contributed by atoms with Gasteiger partial charge in [0, 0.05) is 64.2 Å². The molecule has 0 spiro atoms. The van der Waals surface area contributed by atoms with Crippen LogP contribution >= 0.6 is 11.3 Å². The molecule has 4 heterocycles. The zero-order chi connectivity index (χ0) is 16.4. The van der Waals surface area contributed by atoms with Crippen molar-refractivity contribution in [2.45, 2.75) is 31.7 Å². The summed E-state index contributed by atoms with van der Waals surface area (Å²) in [7, 11) is 1.88. The maximum absolute atomic E-state index is 5.83. The summed E-state index contributed by atoms with van der Waals surface area (Å²) in [4.78, 5) is 9.39. The Morgan fingerprint density at radius 3 is 2.79 bits per heavy atom. The highest BCUT2D eigenvalue weighted by atomic mass is 32.1. The van der Waals surface area contributed by atoms with E-state index in [-0.39, 0.29) is 0 Å². The van der Waals surface area contributed by atoms with E-state index in [4.69, 9.17) is 4.74 Å². The van der Waals surface area contributed by atoms with Gasteiger partial charge < -0.3 is 4.74 Å². The Kier molecular flexibility index (Phi) is 4.94. The van der Waals surface area contributed by atoms with Gasteiger partial charge in [-0.25, -0.2) is 0 Å². The molecule has 4 nitrogen and oxygen atoms in total. The number of methoxy groups -OCH3 is 1. The van der Waals surface area contributed by atoms with Crippen molar-refractivity contribution in [1.29, 1.82) is 0 Å². The Labute approximate surface area is 148 Å². The number of nitrogens with zero attached hydrogens (tertiary/aromatic N) is 3. The Bertz CT molecular complexity index is 633. The fourth-order valence-electron chi connectivity index (χ4n) is 4.30. The highest BCUT2D eigenvalue weighted by Crippen LogP contribution is 2.34. The Morgan fingerprint density at radius 1 is 1.17 bits per heavy atom. The fourth-order valence-corrected chi connectivity index (χ4v) is 4.96. The van der Waals surface area contributed by atoms with Crippen molar-refractivity contribution in [3.63, 3.8) is 0 Å². The van der Waals surface area contributed by atoms with Gasteiger partial charge in [-0.2, -0.15) is 11.3 Å². The normalized spacial score (nSPS) is 28.1. The molecule has 0 N–H and O–H groups in total. The van der Waals surface area contributed by atoms with Crippen LogP contribution in [0.5, 0.6) is 0 Å². The molecule has 5 heteroatoms. The highest BCUT2D eigenvalue weighted by molar-refractivity contribution is 7.07. The number of thiophene rings is 1. The zero-order valence-electron chi connectivity index (χ0n) is 14.2. The van der Waals surface area contributed by atoms with Gasteiger partial charge in [0.2, 0.25) is 0 Å². The smallest absolute Gasteiger partial charge is 0.0639 e. The molecule has 0 saturated carbocycles. The van der Waals surface area contributed by atoms with Gasteiger partial charge in [0.1, 0.15) is 0 Å². The maximum Gasteiger partial charge on any atom is 0.0639 e. The third-order valence-electron chi connectivity index (χ3n) is 5.48. The molecule has 2 aromatic rings. The summed E-state index contributed by atoms with van der Waals surface area (Å²) < 4.78 is 5.83. The standard InChI is InChI=1S/C19H25N3OS/c1-23-19-4-8-22(11-16-5-9-24-14-16)18-13-21(12-17(18)19)10-15-2-6-20-7-3-15/h2-3,5-7,9,14,17-19H,4,8,10-13H2,1H3/t17-,18+,19-/m1/s1. The van der Waals surface area contributed by atoms with Crippen LogP contribution in [0.1, 0.15) is 17.5 Å². The van der Waals surface area contributed by atoms with Gasteiger partial charge in [-0.15, -0.1) is 0 Å². The van der Waals surface area contributed by atoms with E-state index < -0.39 is 0 Å². The summed E-state index contributed by atoms with van der Waals surface area (Å²) in [6.45, 7) is 5.49. The summed E-state index contributed by atoms with van der Waals surface area (Å²) in [6.07, 6.45) is 5.32. The number of piperidine rings is 1. The van der Waals surface area contributed by atoms with Crippen LogP contribution in [0.2, 0.25) is 0 Å². The van der Waals surface area contributed by atoms with Crippen LogP contribution in [-0.4, -0.2) is 53.7 Å². The summed E-state index contributed by atoms with van der Waals surface area (Å²) in [5.74, 6) is 0.615. The first-order valence-corrected chi connectivity index (χ1v) is 9.67. The summed E-state index contributed by atoms with van der Waals surface area (Å²) >= 11 is 1.79. The van der Waals surface area contributed by atoms with Crippen LogP contribution in [0.3, 0.4) is 0 Å². The lowest BCUT2D eigenvalue weighted by molar-refractivity contribution is -0.0244. The lowest BCUT2D eigenvalue weighted by Gasteiger charge is -2.41. The van der Waals surface area contributed by atoms with E-state index in [0.717, 1.165) is 39.1 Å². The molecule has 128 valence electrons. The average molecular weight is 343 g/mol. The summed E-state index contributed by atoms with van der Waals surface area (Å²) in [6, 6.07) is 7.11. The third kappa shape index (κ3) is 3.40. The first-order chi connectivity index (χ1) is 11.8. The molecule has 2 saturated heterocycles. The first kappa shape index (κ1) is 16.2. The fraction of sp³-hybridized carbons (Fsp3) is 0.526. The molecule has 2 aliphatic heterocycles. The molecule has 0 bridgehead atoms. The average Bonchev–Trinajstić information content (AvgIpc) is 3.26. The van der Waals surface area contributed by atoms with E-state index in [1.165, 1.54) is 11.1 Å². The summed E-state index contributed by atoms with van der Waals surface area (Å²) in [5, 5.41) is 4.46. The molecule has 2 fully saturated rings. The topological polar surface area (TPSA) is 28.6 Å².